The fourth-order valence-electron chi connectivity index (χ4n) is 3.20. The smallest absolute Gasteiger partial charge is 0.264 e. The lowest BCUT2D eigenvalue weighted by molar-refractivity contribution is 0.0951. The van der Waals surface area contributed by atoms with Crippen LogP contribution in [0.1, 0.15) is 15.9 Å². The molecule has 0 saturated heterocycles. The Morgan fingerprint density at radius 1 is 1.19 bits per heavy atom. The maximum Gasteiger partial charge on any atom is 0.264 e. The van der Waals surface area contributed by atoms with E-state index < -0.39 is 0 Å². The summed E-state index contributed by atoms with van der Waals surface area (Å²) in [5, 5.41) is 8.17. The van der Waals surface area contributed by atoms with Crippen molar-refractivity contribution in [2.24, 2.45) is 0 Å². The first-order valence-corrected chi connectivity index (χ1v) is 10.0. The number of hydrogen-bond acceptors (Lipinski definition) is 5. The third kappa shape index (κ3) is 4.59. The van der Waals surface area contributed by atoms with Crippen LogP contribution in [0.15, 0.2) is 65.8 Å². The van der Waals surface area contributed by atoms with E-state index in [0.29, 0.717) is 47.0 Å². The molecule has 158 valence electrons. The first-order chi connectivity index (χ1) is 15.0. The van der Waals surface area contributed by atoms with Gasteiger partial charge in [-0.2, -0.15) is 5.10 Å². The van der Waals surface area contributed by atoms with Crippen LogP contribution in [0, 0.1) is 0 Å². The number of aromatic nitrogens is 4. The van der Waals surface area contributed by atoms with Gasteiger partial charge in [0.05, 0.1) is 26.4 Å². The maximum atomic E-state index is 12.8. The van der Waals surface area contributed by atoms with E-state index in [4.69, 9.17) is 16.3 Å². The highest BCUT2D eigenvalue weighted by molar-refractivity contribution is 6.30. The molecule has 2 heterocycles. The zero-order valence-electron chi connectivity index (χ0n) is 16.8. The molecule has 0 aliphatic carbocycles. The van der Waals surface area contributed by atoms with Gasteiger partial charge < -0.3 is 10.1 Å². The molecular weight excluding hydrogens is 418 g/mol. The van der Waals surface area contributed by atoms with Crippen molar-refractivity contribution < 1.29 is 9.53 Å². The Balaban J connectivity index is 1.44. The number of halogens is 1. The molecule has 0 fully saturated rings. The number of nitrogens with zero attached hydrogens (tertiary/aromatic N) is 4. The van der Waals surface area contributed by atoms with Crippen LogP contribution in [0.25, 0.3) is 11.0 Å². The fraction of sp³-hybridized carbons (Fsp3) is 0.182. The minimum Gasteiger partial charge on any atom is -0.497 e. The van der Waals surface area contributed by atoms with Crippen molar-refractivity contribution in [1.82, 2.24) is 24.6 Å². The number of carbonyl (C=O) groups excluding carboxylic acids is 1. The number of amides is 1. The van der Waals surface area contributed by atoms with Crippen LogP contribution in [-0.2, 0) is 13.1 Å². The highest BCUT2D eigenvalue weighted by atomic mass is 35.5. The standard InChI is InChI=1S/C22H20ClN5O3/c1-31-18-4-2-3-16(11-18)21(29)24-9-10-28-20-19(12-26-28)22(30)27(14-25-20)13-15-5-7-17(23)8-6-15/h2-8,11-12,14H,9-10,13H2,1H3,(H,24,29). The van der Waals surface area contributed by atoms with Gasteiger partial charge in [0, 0.05) is 17.1 Å². The maximum absolute atomic E-state index is 12.8. The van der Waals surface area contributed by atoms with Crippen LogP contribution in [0.2, 0.25) is 5.02 Å². The van der Waals surface area contributed by atoms with Crippen LogP contribution in [0.4, 0.5) is 0 Å². The number of hydrogen-bond donors (Lipinski definition) is 1. The van der Waals surface area contributed by atoms with Crippen molar-refractivity contribution in [3.63, 3.8) is 0 Å². The van der Waals surface area contributed by atoms with E-state index >= 15 is 0 Å². The van der Waals surface area contributed by atoms with Crippen LogP contribution in [0.3, 0.4) is 0 Å². The van der Waals surface area contributed by atoms with Gasteiger partial charge in [0.25, 0.3) is 11.5 Å². The number of methoxy groups -OCH3 is 1. The molecule has 31 heavy (non-hydrogen) atoms. The van der Waals surface area contributed by atoms with E-state index in [2.05, 4.69) is 15.4 Å². The van der Waals surface area contributed by atoms with E-state index in [1.807, 2.05) is 12.1 Å². The van der Waals surface area contributed by atoms with Crippen LogP contribution >= 0.6 is 11.6 Å². The van der Waals surface area contributed by atoms with Gasteiger partial charge in [-0.05, 0) is 35.9 Å². The molecular formula is C22H20ClN5O3. The number of benzene rings is 2. The molecule has 0 saturated carbocycles. The molecule has 0 aliphatic heterocycles. The summed E-state index contributed by atoms with van der Waals surface area (Å²) in [7, 11) is 1.55. The summed E-state index contributed by atoms with van der Waals surface area (Å²) in [6.45, 7) is 1.11. The number of ether oxygens (including phenoxy) is 1. The average Bonchev–Trinajstić information content (AvgIpc) is 3.21. The molecule has 0 spiro atoms. The van der Waals surface area contributed by atoms with E-state index in [-0.39, 0.29) is 11.5 Å². The topological polar surface area (TPSA) is 91.0 Å². The van der Waals surface area contributed by atoms with Gasteiger partial charge in [-0.1, -0.05) is 29.8 Å². The molecule has 4 aromatic rings. The molecule has 0 radical (unpaired) electrons. The highest BCUT2D eigenvalue weighted by Gasteiger charge is 2.11. The van der Waals surface area contributed by atoms with Crippen molar-refractivity contribution in [2.45, 2.75) is 13.1 Å². The molecule has 0 aliphatic rings. The Kier molecular flexibility index (Phi) is 5.99. The first-order valence-electron chi connectivity index (χ1n) is 9.63. The van der Waals surface area contributed by atoms with Crippen molar-refractivity contribution in [2.75, 3.05) is 13.7 Å². The van der Waals surface area contributed by atoms with Crippen LogP contribution in [-0.4, -0.2) is 38.9 Å². The minimum absolute atomic E-state index is 0.174. The third-order valence-corrected chi connectivity index (χ3v) is 5.08. The Morgan fingerprint density at radius 2 is 2.00 bits per heavy atom. The van der Waals surface area contributed by atoms with Crippen molar-refractivity contribution in [3.05, 3.63) is 87.6 Å². The van der Waals surface area contributed by atoms with Crippen LogP contribution < -0.4 is 15.6 Å². The molecule has 2 aromatic heterocycles. The second-order valence-electron chi connectivity index (χ2n) is 6.90. The number of fused-ring (bicyclic) bond motifs is 1. The predicted octanol–water partition coefficient (Wildman–Crippen LogP) is 2.73. The van der Waals surface area contributed by atoms with Crippen molar-refractivity contribution in [3.8, 4) is 5.75 Å². The normalized spacial score (nSPS) is 10.9. The summed E-state index contributed by atoms with van der Waals surface area (Å²) >= 11 is 5.91. The second kappa shape index (κ2) is 9.01. The minimum atomic E-state index is -0.214. The zero-order valence-corrected chi connectivity index (χ0v) is 17.5. The Morgan fingerprint density at radius 3 is 2.77 bits per heavy atom. The van der Waals surface area contributed by atoms with Gasteiger partial charge in [0.2, 0.25) is 0 Å². The number of nitrogens with one attached hydrogen (secondary N) is 1. The molecule has 0 unspecified atom stereocenters. The summed E-state index contributed by atoms with van der Waals surface area (Å²) < 4.78 is 8.28. The van der Waals surface area contributed by atoms with E-state index in [0.717, 1.165) is 5.56 Å². The van der Waals surface area contributed by atoms with Gasteiger partial charge in [0.15, 0.2) is 5.65 Å². The van der Waals surface area contributed by atoms with Gasteiger partial charge >= 0.3 is 0 Å². The van der Waals surface area contributed by atoms with E-state index in [9.17, 15) is 9.59 Å². The summed E-state index contributed by atoms with van der Waals surface area (Å²) in [4.78, 5) is 29.5. The van der Waals surface area contributed by atoms with Gasteiger partial charge in [-0.15, -0.1) is 0 Å². The van der Waals surface area contributed by atoms with Crippen LogP contribution in [0.5, 0.6) is 5.75 Å². The van der Waals surface area contributed by atoms with Gasteiger partial charge in [-0.3, -0.25) is 14.2 Å². The molecule has 2 aromatic carbocycles. The lowest BCUT2D eigenvalue weighted by Gasteiger charge is -2.08. The lowest BCUT2D eigenvalue weighted by atomic mass is 10.2. The third-order valence-electron chi connectivity index (χ3n) is 4.83. The van der Waals surface area contributed by atoms with E-state index in [1.54, 1.807) is 48.2 Å². The molecule has 0 bridgehead atoms. The molecule has 0 atom stereocenters. The van der Waals surface area contributed by atoms with Gasteiger partial charge in [0.1, 0.15) is 17.5 Å². The average molecular weight is 438 g/mol. The molecule has 4 rings (SSSR count). The highest BCUT2D eigenvalue weighted by Crippen LogP contribution is 2.13. The molecule has 9 heteroatoms. The molecule has 1 amide bonds. The SMILES string of the molecule is COc1cccc(C(=O)NCCn2ncc3c(=O)n(Cc4ccc(Cl)cc4)cnc32)c1. The summed E-state index contributed by atoms with van der Waals surface area (Å²) in [6, 6.07) is 14.2. The quantitative estimate of drug-likeness (QED) is 0.480. The summed E-state index contributed by atoms with van der Waals surface area (Å²) in [6.07, 6.45) is 3.01. The van der Waals surface area contributed by atoms with Crippen molar-refractivity contribution >= 4 is 28.5 Å². The fourth-order valence-corrected chi connectivity index (χ4v) is 3.33. The summed E-state index contributed by atoms with van der Waals surface area (Å²) in [5.41, 5.74) is 1.76. The molecule has 8 nitrogen and oxygen atoms in total. The number of rotatable bonds is 7. The first kappa shape index (κ1) is 20.6. The number of carbonyl (C=O) groups is 1. The van der Waals surface area contributed by atoms with Crippen molar-refractivity contribution in [1.29, 1.82) is 0 Å². The van der Waals surface area contributed by atoms with Gasteiger partial charge in [-0.25, -0.2) is 9.67 Å². The zero-order chi connectivity index (χ0) is 21.8. The Labute approximate surface area is 183 Å². The summed E-state index contributed by atoms with van der Waals surface area (Å²) in [5.74, 6) is 0.401. The van der Waals surface area contributed by atoms with E-state index in [1.165, 1.54) is 17.1 Å². The Hall–Kier alpha value is -3.65. The molecule has 1 N–H and O–H groups in total. The predicted molar refractivity (Wildman–Crippen MR) is 118 cm³/mol. The Bertz CT molecular complexity index is 1280. The largest absolute Gasteiger partial charge is 0.497 e. The monoisotopic (exact) mass is 437 g/mol. The lowest BCUT2D eigenvalue weighted by Crippen LogP contribution is -2.27. The second-order valence-corrected chi connectivity index (χ2v) is 7.33.